The van der Waals surface area contributed by atoms with E-state index in [-0.39, 0.29) is 11.9 Å². The summed E-state index contributed by atoms with van der Waals surface area (Å²) in [6, 6.07) is 5.13. The third kappa shape index (κ3) is 6.38. The second-order valence-corrected chi connectivity index (χ2v) is 6.76. The first kappa shape index (κ1) is 19.2. The molecule has 1 fully saturated rings. The van der Waals surface area contributed by atoms with Crippen LogP contribution in [-0.2, 0) is 9.53 Å². The highest BCUT2D eigenvalue weighted by molar-refractivity contribution is 5.93. The molecule has 0 saturated heterocycles. The van der Waals surface area contributed by atoms with E-state index in [0.717, 1.165) is 12.0 Å². The Balaban J connectivity index is 1.73. The van der Waals surface area contributed by atoms with Crippen LogP contribution in [0.4, 0.5) is 16.2 Å². The summed E-state index contributed by atoms with van der Waals surface area (Å²) in [5, 5.41) is 8.32. The maximum atomic E-state index is 12.0. The van der Waals surface area contributed by atoms with Gasteiger partial charge >= 0.3 is 6.03 Å². The molecule has 6 nitrogen and oxygen atoms in total. The maximum absolute atomic E-state index is 12.0. The van der Waals surface area contributed by atoms with Crippen LogP contribution in [0.5, 0.6) is 0 Å². The van der Waals surface area contributed by atoms with Crippen molar-refractivity contribution in [2.75, 3.05) is 23.8 Å². The number of benzene rings is 1. The zero-order valence-corrected chi connectivity index (χ0v) is 15.4. The van der Waals surface area contributed by atoms with Crippen molar-refractivity contribution in [1.82, 2.24) is 5.32 Å². The highest BCUT2D eigenvalue weighted by atomic mass is 16.5. The summed E-state index contributed by atoms with van der Waals surface area (Å²) in [5.74, 6) is 0.459. The largest absolute Gasteiger partial charge is 0.376 e. The van der Waals surface area contributed by atoms with Crippen LogP contribution in [0.15, 0.2) is 18.2 Å². The molecule has 1 aromatic rings. The first-order valence-electron chi connectivity index (χ1n) is 9.00. The molecular formula is C19H29N3O3. The van der Waals surface area contributed by atoms with Crippen molar-refractivity contribution in [3.8, 4) is 0 Å². The minimum atomic E-state index is -0.280. The fourth-order valence-corrected chi connectivity index (χ4v) is 3.10. The Labute approximate surface area is 149 Å². The van der Waals surface area contributed by atoms with Crippen molar-refractivity contribution < 1.29 is 14.3 Å². The van der Waals surface area contributed by atoms with Gasteiger partial charge in [0.15, 0.2) is 0 Å². The minimum Gasteiger partial charge on any atom is -0.376 e. The molecule has 1 aliphatic carbocycles. The van der Waals surface area contributed by atoms with E-state index < -0.39 is 0 Å². The molecule has 0 radical (unpaired) electrons. The second kappa shape index (κ2) is 9.42. The Morgan fingerprint density at radius 3 is 2.68 bits per heavy atom. The lowest BCUT2D eigenvalue weighted by Gasteiger charge is -2.28. The van der Waals surface area contributed by atoms with Crippen molar-refractivity contribution >= 4 is 23.3 Å². The van der Waals surface area contributed by atoms with Gasteiger partial charge < -0.3 is 20.7 Å². The number of hydrogen-bond acceptors (Lipinski definition) is 3. The van der Waals surface area contributed by atoms with Gasteiger partial charge in [0.1, 0.15) is 0 Å². The van der Waals surface area contributed by atoms with Crippen LogP contribution in [0.1, 0.15) is 45.1 Å². The van der Waals surface area contributed by atoms with Gasteiger partial charge in [0.05, 0.1) is 12.7 Å². The van der Waals surface area contributed by atoms with E-state index in [2.05, 4.69) is 22.9 Å². The van der Waals surface area contributed by atoms with E-state index in [1.54, 1.807) is 12.1 Å². The number of nitrogens with one attached hydrogen (secondary N) is 3. The molecule has 1 saturated carbocycles. The van der Waals surface area contributed by atoms with Crippen LogP contribution < -0.4 is 16.0 Å². The van der Waals surface area contributed by atoms with Crippen molar-refractivity contribution in [1.29, 1.82) is 0 Å². The highest BCUT2D eigenvalue weighted by Crippen LogP contribution is 2.26. The molecule has 1 aliphatic rings. The molecule has 6 heteroatoms. The van der Waals surface area contributed by atoms with Gasteiger partial charge in [0, 0.05) is 24.8 Å². The standard InChI is InChI=1S/C19H29N3O3/c1-13-8-9-16(12-17(13)21-15(3)23)22-19(24)20-10-11-25-18-7-5-4-6-14(18)2/h8-9,12,14,18H,4-7,10-11H2,1-3H3,(H,21,23)(H2,20,22,24)/t14-,18-/m0/s1. The first-order valence-corrected chi connectivity index (χ1v) is 9.00. The lowest BCUT2D eigenvalue weighted by atomic mass is 9.88. The number of carbonyl (C=O) groups is 2. The van der Waals surface area contributed by atoms with Crippen molar-refractivity contribution in [2.45, 2.75) is 52.6 Å². The van der Waals surface area contributed by atoms with Gasteiger partial charge in [-0.15, -0.1) is 0 Å². The molecule has 2 rings (SSSR count). The van der Waals surface area contributed by atoms with Gasteiger partial charge in [0.25, 0.3) is 0 Å². The molecular weight excluding hydrogens is 318 g/mol. The molecule has 1 aromatic carbocycles. The Hall–Kier alpha value is -2.08. The zero-order chi connectivity index (χ0) is 18.2. The summed E-state index contributed by atoms with van der Waals surface area (Å²) in [6.07, 6.45) is 5.17. The maximum Gasteiger partial charge on any atom is 0.319 e. The third-order valence-electron chi connectivity index (χ3n) is 4.56. The Bertz CT molecular complexity index is 604. The second-order valence-electron chi connectivity index (χ2n) is 6.76. The van der Waals surface area contributed by atoms with E-state index >= 15 is 0 Å². The molecule has 2 atom stereocenters. The molecule has 0 aliphatic heterocycles. The van der Waals surface area contributed by atoms with Gasteiger partial charge in [-0.2, -0.15) is 0 Å². The molecule has 0 spiro atoms. The predicted molar refractivity (Wildman–Crippen MR) is 99.9 cm³/mol. The number of anilines is 2. The number of amides is 3. The van der Waals surface area contributed by atoms with E-state index in [1.807, 2.05) is 13.0 Å². The predicted octanol–water partition coefficient (Wildman–Crippen LogP) is 3.67. The first-order chi connectivity index (χ1) is 12.0. The highest BCUT2D eigenvalue weighted by Gasteiger charge is 2.21. The summed E-state index contributed by atoms with van der Waals surface area (Å²) >= 11 is 0. The Morgan fingerprint density at radius 2 is 1.96 bits per heavy atom. The monoisotopic (exact) mass is 347 g/mol. The molecule has 0 unspecified atom stereocenters. The van der Waals surface area contributed by atoms with E-state index in [9.17, 15) is 9.59 Å². The van der Waals surface area contributed by atoms with Crippen LogP contribution in [0, 0.1) is 12.8 Å². The fraction of sp³-hybridized carbons (Fsp3) is 0.579. The summed E-state index contributed by atoms with van der Waals surface area (Å²) in [4.78, 5) is 23.2. The van der Waals surface area contributed by atoms with Crippen molar-refractivity contribution in [2.24, 2.45) is 5.92 Å². The average Bonchev–Trinajstić information content (AvgIpc) is 2.56. The molecule has 25 heavy (non-hydrogen) atoms. The van der Waals surface area contributed by atoms with Gasteiger partial charge in [-0.25, -0.2) is 4.79 Å². The molecule has 0 bridgehead atoms. The van der Waals surface area contributed by atoms with Crippen molar-refractivity contribution in [3.63, 3.8) is 0 Å². The number of aryl methyl sites for hydroxylation is 1. The van der Waals surface area contributed by atoms with Crippen LogP contribution in [0.25, 0.3) is 0 Å². The molecule has 0 aromatic heterocycles. The minimum absolute atomic E-state index is 0.140. The van der Waals surface area contributed by atoms with Gasteiger partial charge in [-0.1, -0.05) is 25.8 Å². The average molecular weight is 347 g/mol. The lowest BCUT2D eigenvalue weighted by molar-refractivity contribution is -0.114. The van der Waals surface area contributed by atoms with Crippen molar-refractivity contribution in [3.05, 3.63) is 23.8 Å². The zero-order valence-electron chi connectivity index (χ0n) is 15.4. The number of urea groups is 1. The van der Waals surface area contributed by atoms with Gasteiger partial charge in [-0.3, -0.25) is 4.79 Å². The SMILES string of the molecule is CC(=O)Nc1cc(NC(=O)NCCO[C@H]2CCCC[C@@H]2C)ccc1C. The van der Waals surface area contributed by atoms with Crippen LogP contribution in [0.3, 0.4) is 0 Å². The lowest BCUT2D eigenvalue weighted by Crippen LogP contribution is -2.34. The Kier molecular flexibility index (Phi) is 7.25. The van der Waals surface area contributed by atoms with Gasteiger partial charge in [0.2, 0.25) is 5.91 Å². The van der Waals surface area contributed by atoms with E-state index in [1.165, 1.54) is 26.2 Å². The molecule has 0 heterocycles. The normalized spacial score (nSPS) is 20.0. The number of carbonyl (C=O) groups excluding carboxylic acids is 2. The van der Waals surface area contributed by atoms with Crippen LogP contribution >= 0.6 is 0 Å². The number of rotatable bonds is 6. The van der Waals surface area contributed by atoms with Gasteiger partial charge in [-0.05, 0) is 43.4 Å². The topological polar surface area (TPSA) is 79.5 Å². The summed E-state index contributed by atoms with van der Waals surface area (Å²) < 4.78 is 5.88. The van der Waals surface area contributed by atoms with Crippen LogP contribution in [0.2, 0.25) is 0 Å². The van der Waals surface area contributed by atoms with Crippen LogP contribution in [-0.4, -0.2) is 31.2 Å². The molecule has 3 amide bonds. The van der Waals surface area contributed by atoms with E-state index in [4.69, 9.17) is 4.74 Å². The number of ether oxygens (including phenoxy) is 1. The quantitative estimate of drug-likeness (QED) is 0.687. The van der Waals surface area contributed by atoms with E-state index in [0.29, 0.717) is 36.5 Å². The third-order valence-corrected chi connectivity index (χ3v) is 4.56. The number of hydrogen-bond donors (Lipinski definition) is 3. The Morgan fingerprint density at radius 1 is 1.20 bits per heavy atom. The molecule has 3 N–H and O–H groups in total. The fourth-order valence-electron chi connectivity index (χ4n) is 3.10. The smallest absolute Gasteiger partial charge is 0.319 e. The summed E-state index contributed by atoms with van der Waals surface area (Å²) in [5.41, 5.74) is 2.27. The summed E-state index contributed by atoms with van der Waals surface area (Å²) in [6.45, 7) is 6.58. The summed E-state index contributed by atoms with van der Waals surface area (Å²) in [7, 11) is 0. The molecule has 138 valence electrons.